The van der Waals surface area contributed by atoms with Crippen molar-refractivity contribution in [3.63, 3.8) is 0 Å². The van der Waals surface area contributed by atoms with Crippen LogP contribution in [0.4, 0.5) is 0 Å². The molecule has 1 aliphatic heterocycles. The first-order valence-electron chi connectivity index (χ1n) is 17.9. The molecule has 1 aromatic carbocycles. The Morgan fingerprint density at radius 2 is 1.81 bits per heavy atom. The molecule has 47 heavy (non-hydrogen) atoms. The van der Waals surface area contributed by atoms with Crippen LogP contribution in [0.1, 0.15) is 117 Å². The van der Waals surface area contributed by atoms with Crippen LogP contribution < -0.4 is 5.32 Å². The summed E-state index contributed by atoms with van der Waals surface area (Å²) in [4.78, 5) is 41.6. The largest absolute Gasteiger partial charge is 0.504 e. The molecular formula is C37H57N3O7. The lowest BCUT2D eigenvalue weighted by molar-refractivity contribution is -0.140. The number of phenolic OH excluding ortho intramolecular Hbond substituents is 2. The number of amides is 2. The predicted molar refractivity (Wildman–Crippen MR) is 182 cm³/mol. The minimum absolute atomic E-state index is 0.0530. The van der Waals surface area contributed by atoms with Crippen molar-refractivity contribution >= 4 is 11.8 Å². The topological polar surface area (TPSA) is 149 Å². The lowest BCUT2D eigenvalue weighted by Crippen LogP contribution is -2.56. The number of rotatable bonds is 16. The van der Waals surface area contributed by atoms with Gasteiger partial charge in [-0.05, 0) is 79.5 Å². The molecular weight excluding hydrogens is 598 g/mol. The van der Waals surface area contributed by atoms with Crippen molar-refractivity contribution in [2.75, 3.05) is 6.54 Å². The van der Waals surface area contributed by atoms with E-state index in [0.717, 1.165) is 76.4 Å². The van der Waals surface area contributed by atoms with Gasteiger partial charge in [-0.2, -0.15) is 0 Å². The van der Waals surface area contributed by atoms with E-state index in [2.05, 4.69) is 45.1 Å². The lowest BCUT2D eigenvalue weighted by Gasteiger charge is -2.37. The van der Waals surface area contributed by atoms with E-state index in [1.807, 2.05) is 0 Å². The van der Waals surface area contributed by atoms with Crippen molar-refractivity contribution in [1.82, 2.24) is 10.2 Å². The number of nitroso groups, excluding NO2 is 1. The number of nitrogens with zero attached hydrogens (tertiary/aromatic N) is 2. The zero-order chi connectivity index (χ0) is 34.3. The van der Waals surface area contributed by atoms with Crippen LogP contribution in [0.3, 0.4) is 0 Å². The first kappa shape index (κ1) is 36.7. The Labute approximate surface area is 280 Å². The van der Waals surface area contributed by atoms with Crippen LogP contribution in [0.25, 0.3) is 0 Å². The van der Waals surface area contributed by atoms with E-state index in [4.69, 9.17) is 4.74 Å². The Kier molecular flexibility index (Phi) is 12.7. The second-order valence-electron chi connectivity index (χ2n) is 14.9. The highest BCUT2D eigenvalue weighted by Gasteiger charge is 2.45. The molecule has 4 rings (SSSR count). The van der Waals surface area contributed by atoms with Gasteiger partial charge in [-0.25, -0.2) is 0 Å². The van der Waals surface area contributed by atoms with E-state index in [9.17, 15) is 29.8 Å². The molecule has 3 fully saturated rings. The fourth-order valence-corrected chi connectivity index (χ4v) is 7.52. The number of allylic oxidation sites excluding steroid dienone is 1. The first-order valence-corrected chi connectivity index (χ1v) is 17.9. The molecule has 1 heterocycles. The molecule has 0 bridgehead atoms. The second kappa shape index (κ2) is 16.3. The van der Waals surface area contributed by atoms with Gasteiger partial charge < -0.3 is 30.3 Å². The molecule has 6 unspecified atom stereocenters. The standard InChI is InChI=1S/C37H57N3O7/c1-6-11-27(37(4,5)7-2)18-23(3)47-34(26-15-16-26)30-21-28(41)22-40(30)36(45)33(25-12-9-8-10-13-25)38-35(44)29(39-46)19-24-14-17-31(42)32(43)20-24/h14,17,20,23,25,27-30,33,41-43H,6-13,15-16,18-19,21-22H2,1-5H3,(H,38,44). The van der Waals surface area contributed by atoms with Gasteiger partial charge in [0.15, 0.2) is 17.5 Å². The van der Waals surface area contributed by atoms with E-state index in [0.29, 0.717) is 17.9 Å². The number of ether oxygens (including phenoxy) is 1. The summed E-state index contributed by atoms with van der Waals surface area (Å²) in [6, 6.07) is 1.50. The first-order chi connectivity index (χ1) is 22.4. The van der Waals surface area contributed by atoms with Crippen molar-refractivity contribution in [3.05, 3.63) is 40.0 Å². The molecule has 10 heteroatoms. The number of aliphatic hydroxyl groups excluding tert-OH is 1. The normalized spacial score (nSPS) is 22.7. The highest BCUT2D eigenvalue weighted by molar-refractivity contribution is 5.90. The van der Waals surface area contributed by atoms with E-state index < -0.39 is 30.1 Å². The molecule has 2 aliphatic carbocycles. The number of aliphatic hydroxyl groups is 1. The van der Waals surface area contributed by atoms with Gasteiger partial charge in [-0.15, -0.1) is 4.91 Å². The number of β-amino-alcohol motifs (C(OH)–C–C–N with tert-alkyl or cyclic N) is 1. The lowest BCUT2D eigenvalue weighted by atomic mass is 9.72. The van der Waals surface area contributed by atoms with Crippen molar-refractivity contribution in [2.45, 2.75) is 148 Å². The smallest absolute Gasteiger partial charge is 0.249 e. The molecule has 262 valence electrons. The maximum Gasteiger partial charge on any atom is 0.249 e. The summed E-state index contributed by atoms with van der Waals surface area (Å²) in [5.41, 5.74) is 1.84. The second-order valence-corrected chi connectivity index (χ2v) is 14.9. The maximum atomic E-state index is 14.5. The average molecular weight is 656 g/mol. The van der Waals surface area contributed by atoms with Crippen LogP contribution in [0, 0.1) is 22.2 Å². The third-order valence-corrected chi connectivity index (χ3v) is 10.9. The number of hydrogen-bond acceptors (Lipinski definition) is 8. The van der Waals surface area contributed by atoms with E-state index in [1.54, 1.807) is 4.90 Å². The van der Waals surface area contributed by atoms with Gasteiger partial charge in [0.2, 0.25) is 11.8 Å². The van der Waals surface area contributed by atoms with E-state index in [-0.39, 0.29) is 47.8 Å². The number of aromatic hydroxyl groups is 2. The monoisotopic (exact) mass is 655 g/mol. The predicted octanol–water partition coefficient (Wildman–Crippen LogP) is 6.50. The van der Waals surface area contributed by atoms with Gasteiger partial charge in [0.25, 0.3) is 0 Å². The zero-order valence-electron chi connectivity index (χ0n) is 29.0. The van der Waals surface area contributed by atoms with Crippen molar-refractivity contribution in [1.29, 1.82) is 0 Å². The summed E-state index contributed by atoms with van der Waals surface area (Å²) in [6.45, 7) is 11.4. The summed E-state index contributed by atoms with van der Waals surface area (Å²) >= 11 is 0. The molecule has 2 amide bonds. The minimum atomic E-state index is -1.32. The van der Waals surface area contributed by atoms with Crippen LogP contribution in [-0.4, -0.2) is 68.9 Å². The van der Waals surface area contributed by atoms with Crippen LogP contribution in [0.2, 0.25) is 0 Å². The number of hydrogen-bond donors (Lipinski definition) is 4. The number of phenols is 2. The number of carbonyl (C=O) groups is 2. The van der Waals surface area contributed by atoms with E-state index >= 15 is 0 Å². The summed E-state index contributed by atoms with van der Waals surface area (Å²) in [7, 11) is 0. The molecule has 3 aliphatic rings. The fraction of sp³-hybridized carbons (Fsp3) is 0.730. The Balaban J connectivity index is 1.54. The molecule has 4 N–H and O–H groups in total. The highest BCUT2D eigenvalue weighted by atomic mass is 16.5. The van der Waals surface area contributed by atoms with Crippen molar-refractivity contribution in [3.8, 4) is 11.5 Å². The number of carbonyl (C=O) groups excluding carboxylic acids is 2. The summed E-state index contributed by atoms with van der Waals surface area (Å²) in [5, 5.41) is 36.4. The maximum absolute atomic E-state index is 14.5. The fourth-order valence-electron chi connectivity index (χ4n) is 7.52. The van der Waals surface area contributed by atoms with Gasteiger partial charge >= 0.3 is 0 Å². The Morgan fingerprint density at radius 1 is 1.11 bits per heavy atom. The Hall–Kier alpha value is -3.14. The van der Waals surface area contributed by atoms with Gasteiger partial charge in [-0.1, -0.05) is 77.5 Å². The third kappa shape index (κ3) is 9.48. The molecule has 1 aromatic rings. The molecule has 1 saturated heterocycles. The quantitative estimate of drug-likeness (QED) is 0.0903. The molecule has 2 saturated carbocycles. The summed E-state index contributed by atoms with van der Waals surface area (Å²) in [5.74, 6) is -0.367. The molecule has 6 atom stereocenters. The van der Waals surface area contributed by atoms with Gasteiger partial charge in [0, 0.05) is 19.4 Å². The van der Waals surface area contributed by atoms with Crippen LogP contribution in [0.15, 0.2) is 34.7 Å². The average Bonchev–Trinajstić information content (AvgIpc) is 3.83. The molecule has 10 nitrogen and oxygen atoms in total. The van der Waals surface area contributed by atoms with Crippen LogP contribution in [-0.2, 0) is 20.7 Å². The van der Waals surface area contributed by atoms with Crippen molar-refractivity contribution in [2.24, 2.45) is 22.4 Å². The third-order valence-electron chi connectivity index (χ3n) is 10.9. The van der Waals surface area contributed by atoms with Crippen molar-refractivity contribution < 1.29 is 29.6 Å². The van der Waals surface area contributed by atoms with Crippen LogP contribution >= 0.6 is 0 Å². The zero-order valence-corrected chi connectivity index (χ0v) is 29.0. The summed E-state index contributed by atoms with van der Waals surface area (Å²) in [6.07, 6.45) is 10.1. The number of nitrogens with one attached hydrogen (secondary N) is 1. The molecule has 0 spiro atoms. The van der Waals surface area contributed by atoms with Gasteiger partial charge in [0.1, 0.15) is 11.8 Å². The molecule has 0 aromatic heterocycles. The Morgan fingerprint density at radius 3 is 2.40 bits per heavy atom. The number of benzene rings is 1. The Bertz CT molecular complexity index is 1270. The minimum Gasteiger partial charge on any atom is -0.504 e. The van der Waals surface area contributed by atoms with Crippen LogP contribution in [0.5, 0.6) is 11.5 Å². The highest BCUT2D eigenvalue weighted by Crippen LogP contribution is 2.42. The van der Waals surface area contributed by atoms with Gasteiger partial charge in [0.05, 0.1) is 18.2 Å². The molecule has 0 radical (unpaired) electrons. The summed E-state index contributed by atoms with van der Waals surface area (Å²) < 4.78 is 6.74. The number of likely N-dealkylation sites (tertiary alicyclic amines) is 1. The van der Waals surface area contributed by atoms with E-state index in [1.165, 1.54) is 23.8 Å². The SMILES string of the molecule is CCCC(CC(C)OC(=C1CC1)C1CC(O)CN1C(=O)C(NC(=O)C(Cc1ccc(O)c(O)c1)N=O)C1CCCCC1)C(C)(C)CC. The van der Waals surface area contributed by atoms with Gasteiger partial charge in [-0.3, -0.25) is 9.59 Å².